The number of ketones is 1. The Morgan fingerprint density at radius 1 is 1.10 bits per heavy atom. The van der Waals surface area contributed by atoms with Crippen LogP contribution in [0.3, 0.4) is 0 Å². The highest BCUT2D eigenvalue weighted by atomic mass is 16.5. The van der Waals surface area contributed by atoms with Gasteiger partial charge >= 0.3 is 0 Å². The molecule has 0 saturated heterocycles. The van der Waals surface area contributed by atoms with Crippen LogP contribution in [0.15, 0.2) is 12.1 Å². The Bertz CT molecular complexity index is 514. The molecule has 0 N–H and O–H groups in total. The molecule has 1 rings (SSSR count). The molecule has 0 heterocycles. The molecule has 0 aliphatic carbocycles. The number of hydrogen-bond acceptors (Lipinski definition) is 2. The van der Waals surface area contributed by atoms with Crippen LogP contribution in [0.5, 0.6) is 5.75 Å². The summed E-state index contributed by atoms with van der Waals surface area (Å²) in [6.07, 6.45) is 1.44. The zero-order valence-electron chi connectivity index (χ0n) is 14.9. The predicted octanol–water partition coefficient (Wildman–Crippen LogP) is 5.31. The molecule has 0 spiro atoms. The third-order valence-electron chi connectivity index (χ3n) is 3.72. The smallest absolute Gasteiger partial charge is 0.166 e. The molecule has 0 bridgehead atoms. The van der Waals surface area contributed by atoms with E-state index in [4.69, 9.17) is 4.74 Å². The van der Waals surface area contributed by atoms with Crippen LogP contribution in [-0.2, 0) is 5.41 Å². The second kappa shape index (κ2) is 6.21. The minimum absolute atomic E-state index is 0.0459. The van der Waals surface area contributed by atoms with Crippen molar-refractivity contribution >= 4 is 5.78 Å². The summed E-state index contributed by atoms with van der Waals surface area (Å²) < 4.78 is 5.62. The highest BCUT2D eigenvalue weighted by molar-refractivity contribution is 5.99. The summed E-state index contributed by atoms with van der Waals surface area (Å²) >= 11 is 0. The number of carbonyl (C=O) groups excluding carboxylic acids is 1. The van der Waals surface area contributed by atoms with Crippen molar-refractivity contribution in [3.05, 3.63) is 28.8 Å². The summed E-state index contributed by atoms with van der Waals surface area (Å²) in [4.78, 5) is 12.6. The van der Waals surface area contributed by atoms with Crippen LogP contribution < -0.4 is 4.74 Å². The van der Waals surface area contributed by atoms with E-state index in [0.717, 1.165) is 23.3 Å². The van der Waals surface area contributed by atoms with E-state index in [9.17, 15) is 4.79 Å². The summed E-state index contributed by atoms with van der Waals surface area (Å²) in [6, 6.07) is 3.95. The summed E-state index contributed by atoms with van der Waals surface area (Å²) in [7, 11) is 1.66. The lowest BCUT2D eigenvalue weighted by molar-refractivity contribution is 0.0962. The number of methoxy groups -OCH3 is 1. The van der Waals surface area contributed by atoms with Crippen LogP contribution in [0.2, 0.25) is 0 Å². The number of ether oxygens (including phenoxy) is 1. The molecule has 21 heavy (non-hydrogen) atoms. The van der Waals surface area contributed by atoms with Crippen molar-refractivity contribution in [2.24, 2.45) is 5.41 Å². The summed E-state index contributed by atoms with van der Waals surface area (Å²) in [5.41, 5.74) is 3.14. The molecule has 2 heteroatoms. The second-order valence-corrected chi connectivity index (χ2v) is 8.07. The van der Waals surface area contributed by atoms with Crippen LogP contribution in [0.1, 0.15) is 75.9 Å². The molecule has 0 aliphatic rings. The Kier molecular flexibility index (Phi) is 5.25. The largest absolute Gasteiger partial charge is 0.496 e. The zero-order valence-corrected chi connectivity index (χ0v) is 14.9. The van der Waals surface area contributed by atoms with Gasteiger partial charge in [0.05, 0.1) is 12.7 Å². The fraction of sp³-hybridized carbons (Fsp3) is 0.632. The van der Waals surface area contributed by atoms with Crippen LogP contribution in [-0.4, -0.2) is 12.9 Å². The maximum Gasteiger partial charge on any atom is 0.166 e. The molecule has 0 aliphatic heterocycles. The fourth-order valence-corrected chi connectivity index (χ4v) is 2.67. The number of carbonyl (C=O) groups is 1. The molecule has 2 nitrogen and oxygen atoms in total. The first-order valence-corrected chi connectivity index (χ1v) is 7.68. The molecular weight excluding hydrogens is 260 g/mol. The van der Waals surface area contributed by atoms with Gasteiger partial charge in [-0.1, -0.05) is 47.6 Å². The van der Waals surface area contributed by atoms with Gasteiger partial charge in [-0.25, -0.2) is 0 Å². The van der Waals surface area contributed by atoms with Gasteiger partial charge < -0.3 is 4.74 Å². The fourth-order valence-electron chi connectivity index (χ4n) is 2.67. The Morgan fingerprint density at radius 2 is 1.67 bits per heavy atom. The SMILES string of the molecule is COc1c(C(=O)CCC(C)(C)C)ccc(C)c1C(C)(C)C. The minimum Gasteiger partial charge on any atom is -0.496 e. The molecule has 0 atom stereocenters. The zero-order chi connectivity index (χ0) is 16.4. The van der Waals surface area contributed by atoms with Crippen molar-refractivity contribution in [3.8, 4) is 5.75 Å². The molecule has 0 radical (unpaired) electrons. The van der Waals surface area contributed by atoms with Crippen molar-refractivity contribution in [2.45, 2.75) is 66.7 Å². The number of rotatable bonds is 4. The summed E-state index contributed by atoms with van der Waals surface area (Å²) in [5, 5.41) is 0. The number of Topliss-reactive ketones (excluding diaryl/α,β-unsaturated/α-hetero) is 1. The van der Waals surface area contributed by atoms with Gasteiger partial charge in [0, 0.05) is 12.0 Å². The van der Waals surface area contributed by atoms with E-state index < -0.39 is 0 Å². The lowest BCUT2D eigenvalue weighted by atomic mass is 9.81. The first-order chi connectivity index (χ1) is 9.47. The van der Waals surface area contributed by atoms with Gasteiger partial charge in [-0.3, -0.25) is 4.79 Å². The Hall–Kier alpha value is -1.31. The van der Waals surface area contributed by atoms with Crippen molar-refractivity contribution in [1.29, 1.82) is 0 Å². The minimum atomic E-state index is -0.0459. The van der Waals surface area contributed by atoms with E-state index in [1.165, 1.54) is 5.56 Å². The first kappa shape index (κ1) is 17.7. The van der Waals surface area contributed by atoms with Crippen molar-refractivity contribution in [3.63, 3.8) is 0 Å². The van der Waals surface area contributed by atoms with E-state index in [-0.39, 0.29) is 16.6 Å². The van der Waals surface area contributed by atoms with E-state index >= 15 is 0 Å². The summed E-state index contributed by atoms with van der Waals surface area (Å²) in [6.45, 7) is 15.0. The molecule has 0 unspecified atom stereocenters. The predicted molar refractivity (Wildman–Crippen MR) is 89.5 cm³/mol. The molecular formula is C19H30O2. The Morgan fingerprint density at radius 3 is 2.10 bits per heavy atom. The molecule has 1 aromatic carbocycles. The van der Waals surface area contributed by atoms with Crippen LogP contribution in [0.4, 0.5) is 0 Å². The van der Waals surface area contributed by atoms with Crippen molar-refractivity contribution < 1.29 is 9.53 Å². The number of aryl methyl sites for hydroxylation is 1. The second-order valence-electron chi connectivity index (χ2n) is 8.07. The van der Waals surface area contributed by atoms with Crippen LogP contribution >= 0.6 is 0 Å². The first-order valence-electron chi connectivity index (χ1n) is 7.68. The van der Waals surface area contributed by atoms with Gasteiger partial charge in [0.15, 0.2) is 5.78 Å². The average molecular weight is 290 g/mol. The molecule has 0 fully saturated rings. The third-order valence-corrected chi connectivity index (χ3v) is 3.72. The number of hydrogen-bond donors (Lipinski definition) is 0. The topological polar surface area (TPSA) is 26.3 Å². The quantitative estimate of drug-likeness (QED) is 0.702. The average Bonchev–Trinajstić information content (AvgIpc) is 2.32. The van der Waals surface area contributed by atoms with E-state index in [0.29, 0.717) is 6.42 Å². The van der Waals surface area contributed by atoms with E-state index in [1.54, 1.807) is 7.11 Å². The van der Waals surface area contributed by atoms with Gasteiger partial charge in [0.2, 0.25) is 0 Å². The lowest BCUT2D eigenvalue weighted by Crippen LogP contribution is -2.17. The molecule has 118 valence electrons. The standard InChI is InChI=1S/C19H30O2/c1-13-9-10-14(15(20)11-12-18(2,3)4)17(21-8)16(13)19(5,6)7/h9-10H,11-12H2,1-8H3. The Balaban J connectivity index is 3.23. The van der Waals surface area contributed by atoms with Crippen LogP contribution in [0.25, 0.3) is 0 Å². The van der Waals surface area contributed by atoms with Crippen molar-refractivity contribution in [1.82, 2.24) is 0 Å². The molecule has 0 saturated carbocycles. The van der Waals surface area contributed by atoms with Crippen LogP contribution in [0, 0.1) is 12.3 Å². The van der Waals surface area contributed by atoms with Gasteiger partial charge in [0.1, 0.15) is 5.75 Å². The maximum absolute atomic E-state index is 12.6. The lowest BCUT2D eigenvalue weighted by Gasteiger charge is -2.26. The highest BCUT2D eigenvalue weighted by Gasteiger charge is 2.26. The van der Waals surface area contributed by atoms with E-state index in [2.05, 4.69) is 48.5 Å². The molecule has 0 amide bonds. The highest BCUT2D eigenvalue weighted by Crippen LogP contribution is 2.37. The van der Waals surface area contributed by atoms with Crippen molar-refractivity contribution in [2.75, 3.05) is 7.11 Å². The third kappa shape index (κ3) is 4.59. The number of benzene rings is 1. The normalized spacial score (nSPS) is 12.4. The van der Waals surface area contributed by atoms with Gasteiger partial charge in [-0.15, -0.1) is 0 Å². The maximum atomic E-state index is 12.6. The monoisotopic (exact) mass is 290 g/mol. The summed E-state index contributed by atoms with van der Waals surface area (Å²) in [5.74, 6) is 0.925. The molecule has 1 aromatic rings. The molecule has 0 aromatic heterocycles. The Labute approximate surface area is 129 Å². The van der Waals surface area contributed by atoms with E-state index in [1.807, 2.05) is 12.1 Å². The van der Waals surface area contributed by atoms with Gasteiger partial charge in [-0.2, -0.15) is 0 Å². The van der Waals surface area contributed by atoms with Gasteiger partial charge in [0.25, 0.3) is 0 Å². The van der Waals surface area contributed by atoms with Gasteiger partial charge in [-0.05, 0) is 35.8 Å².